The molecule has 1 amide bonds. The number of carbonyl (C=O) groups excluding carboxylic acids is 2. The van der Waals surface area contributed by atoms with Crippen molar-refractivity contribution in [2.45, 2.75) is 19.9 Å². The van der Waals surface area contributed by atoms with Crippen molar-refractivity contribution in [2.75, 3.05) is 11.5 Å². The van der Waals surface area contributed by atoms with E-state index < -0.39 is 29.3 Å². The lowest BCUT2D eigenvalue weighted by atomic mass is 9.94. The van der Waals surface area contributed by atoms with Crippen LogP contribution in [0, 0.1) is 24.1 Å². The van der Waals surface area contributed by atoms with E-state index in [2.05, 4.69) is 0 Å². The second kappa shape index (κ2) is 9.20. The molecule has 4 rings (SSSR count). The summed E-state index contributed by atoms with van der Waals surface area (Å²) in [5.41, 5.74) is 1.55. The van der Waals surface area contributed by atoms with Gasteiger partial charge in [-0.15, -0.1) is 0 Å². The van der Waals surface area contributed by atoms with Gasteiger partial charge in [-0.2, -0.15) is 5.26 Å². The fourth-order valence-corrected chi connectivity index (χ4v) is 4.06. The molecule has 0 bridgehead atoms. The summed E-state index contributed by atoms with van der Waals surface area (Å²) >= 11 is 0. The van der Waals surface area contributed by atoms with Crippen LogP contribution in [0.4, 0.5) is 10.1 Å². The number of nitriles is 1. The summed E-state index contributed by atoms with van der Waals surface area (Å²) in [7, 11) is 0. The Labute approximate surface area is 196 Å². The first kappa shape index (κ1) is 22.7. The largest absolute Gasteiger partial charge is 0.507 e. The highest BCUT2D eigenvalue weighted by Crippen LogP contribution is 2.43. The third-order valence-electron chi connectivity index (χ3n) is 5.67. The number of Topliss-reactive ketones (excluding diaryl/α,β-unsaturated/α-hetero) is 1. The van der Waals surface area contributed by atoms with Gasteiger partial charge in [0.05, 0.1) is 29.9 Å². The summed E-state index contributed by atoms with van der Waals surface area (Å²) in [6, 6.07) is 17.5. The van der Waals surface area contributed by atoms with Crippen LogP contribution in [0.3, 0.4) is 0 Å². The van der Waals surface area contributed by atoms with Gasteiger partial charge in [-0.25, -0.2) is 4.39 Å². The van der Waals surface area contributed by atoms with Gasteiger partial charge in [0.2, 0.25) is 0 Å². The van der Waals surface area contributed by atoms with Crippen molar-refractivity contribution >= 4 is 23.1 Å². The van der Waals surface area contributed by atoms with E-state index in [-0.39, 0.29) is 11.1 Å². The number of aliphatic hydroxyl groups is 1. The Hall–Kier alpha value is -4.44. The Morgan fingerprint density at radius 2 is 1.82 bits per heavy atom. The van der Waals surface area contributed by atoms with Crippen LogP contribution in [0.2, 0.25) is 0 Å². The number of halogens is 1. The SMILES string of the molecule is CCOc1ccc(/C(O)=C2\C(=O)C(=O)N(c3ccc(C#N)cc3)C2c2ccccc2F)cc1C. The van der Waals surface area contributed by atoms with E-state index in [0.717, 1.165) is 10.5 Å². The summed E-state index contributed by atoms with van der Waals surface area (Å²) in [6.45, 7) is 4.12. The third-order valence-corrected chi connectivity index (χ3v) is 5.67. The maximum atomic E-state index is 14.9. The highest BCUT2D eigenvalue weighted by molar-refractivity contribution is 6.51. The number of hydrogen-bond donors (Lipinski definition) is 1. The zero-order valence-corrected chi connectivity index (χ0v) is 18.6. The van der Waals surface area contributed by atoms with Crippen molar-refractivity contribution in [3.05, 3.63) is 100 Å². The first-order chi connectivity index (χ1) is 16.4. The van der Waals surface area contributed by atoms with Gasteiger partial charge in [-0.3, -0.25) is 14.5 Å². The number of nitrogens with zero attached hydrogens (tertiary/aromatic N) is 2. The highest BCUT2D eigenvalue weighted by atomic mass is 19.1. The first-order valence-electron chi connectivity index (χ1n) is 10.7. The first-order valence-corrected chi connectivity index (χ1v) is 10.7. The molecule has 1 N–H and O–H groups in total. The number of benzene rings is 3. The molecule has 1 fully saturated rings. The number of anilines is 1. The van der Waals surface area contributed by atoms with Gasteiger partial charge in [0.1, 0.15) is 17.3 Å². The number of amides is 1. The summed E-state index contributed by atoms with van der Waals surface area (Å²) in [6.07, 6.45) is 0. The molecule has 7 heteroatoms. The molecule has 1 unspecified atom stereocenters. The molecule has 0 aromatic heterocycles. The molecule has 1 saturated heterocycles. The van der Waals surface area contributed by atoms with Gasteiger partial charge in [-0.05, 0) is 67.9 Å². The zero-order valence-electron chi connectivity index (χ0n) is 18.6. The molecule has 3 aromatic rings. The molecule has 6 nitrogen and oxygen atoms in total. The second-order valence-corrected chi connectivity index (χ2v) is 7.76. The van der Waals surface area contributed by atoms with Crippen LogP contribution >= 0.6 is 0 Å². The molecule has 0 spiro atoms. The lowest BCUT2D eigenvalue weighted by Crippen LogP contribution is -2.29. The van der Waals surface area contributed by atoms with Crippen LogP contribution in [0.5, 0.6) is 5.75 Å². The zero-order chi connectivity index (χ0) is 24.4. The summed E-state index contributed by atoms with van der Waals surface area (Å²) < 4.78 is 20.5. The minimum atomic E-state index is -1.19. The molecule has 1 heterocycles. The number of rotatable bonds is 5. The molecule has 1 aliphatic rings. The number of hydrogen-bond acceptors (Lipinski definition) is 5. The van der Waals surface area contributed by atoms with E-state index in [1.807, 2.05) is 13.0 Å². The van der Waals surface area contributed by atoms with Crippen LogP contribution in [-0.2, 0) is 9.59 Å². The second-order valence-electron chi connectivity index (χ2n) is 7.76. The molecule has 0 aliphatic carbocycles. The Morgan fingerprint density at radius 1 is 1.12 bits per heavy atom. The van der Waals surface area contributed by atoms with Crippen LogP contribution in [-0.4, -0.2) is 23.4 Å². The van der Waals surface area contributed by atoms with Crippen molar-refractivity contribution in [2.24, 2.45) is 0 Å². The molecular formula is C27H21FN2O4. The maximum absolute atomic E-state index is 14.9. The Kier molecular flexibility index (Phi) is 6.15. The summed E-state index contributed by atoms with van der Waals surface area (Å²) in [4.78, 5) is 27.4. The predicted octanol–water partition coefficient (Wildman–Crippen LogP) is 5.03. The van der Waals surface area contributed by atoms with Crippen LogP contribution in [0.15, 0.2) is 72.3 Å². The van der Waals surface area contributed by atoms with Crippen LogP contribution in [0.1, 0.15) is 35.2 Å². The predicted molar refractivity (Wildman–Crippen MR) is 125 cm³/mol. The molecule has 3 aromatic carbocycles. The van der Waals surface area contributed by atoms with Gasteiger partial charge in [0, 0.05) is 16.8 Å². The fourth-order valence-electron chi connectivity index (χ4n) is 4.06. The molecule has 34 heavy (non-hydrogen) atoms. The number of aryl methyl sites for hydroxylation is 1. The smallest absolute Gasteiger partial charge is 0.300 e. The Bertz CT molecular complexity index is 1360. The average molecular weight is 456 g/mol. The van der Waals surface area contributed by atoms with Gasteiger partial charge in [-0.1, -0.05) is 18.2 Å². The highest BCUT2D eigenvalue weighted by Gasteiger charge is 2.47. The summed E-state index contributed by atoms with van der Waals surface area (Å²) in [5.74, 6) is -2.23. The molecule has 1 atom stereocenters. The summed E-state index contributed by atoms with van der Waals surface area (Å²) in [5, 5.41) is 20.3. The number of aliphatic hydroxyl groups excluding tert-OH is 1. The van der Waals surface area contributed by atoms with Gasteiger partial charge >= 0.3 is 0 Å². The maximum Gasteiger partial charge on any atom is 0.300 e. The fraction of sp³-hybridized carbons (Fsp3) is 0.148. The van der Waals surface area contributed by atoms with Crippen molar-refractivity contribution in [1.29, 1.82) is 5.26 Å². The number of carbonyl (C=O) groups is 2. The lowest BCUT2D eigenvalue weighted by Gasteiger charge is -2.25. The molecule has 170 valence electrons. The molecule has 0 radical (unpaired) electrons. The van der Waals surface area contributed by atoms with Gasteiger partial charge in [0.15, 0.2) is 0 Å². The van der Waals surface area contributed by atoms with E-state index in [1.54, 1.807) is 31.2 Å². The number of ether oxygens (including phenoxy) is 1. The Balaban J connectivity index is 1.92. The van der Waals surface area contributed by atoms with E-state index in [4.69, 9.17) is 10.00 Å². The van der Waals surface area contributed by atoms with E-state index in [9.17, 15) is 19.1 Å². The molecule has 0 saturated carbocycles. The molecular weight excluding hydrogens is 435 g/mol. The lowest BCUT2D eigenvalue weighted by molar-refractivity contribution is -0.132. The van der Waals surface area contributed by atoms with Crippen molar-refractivity contribution in [3.63, 3.8) is 0 Å². The number of ketones is 1. The topological polar surface area (TPSA) is 90.6 Å². The Morgan fingerprint density at radius 3 is 2.44 bits per heavy atom. The van der Waals surface area contributed by atoms with Crippen molar-refractivity contribution in [3.8, 4) is 11.8 Å². The van der Waals surface area contributed by atoms with Crippen LogP contribution < -0.4 is 9.64 Å². The van der Waals surface area contributed by atoms with Gasteiger partial charge < -0.3 is 9.84 Å². The quantitative estimate of drug-likeness (QED) is 0.330. The molecule has 1 aliphatic heterocycles. The third kappa shape index (κ3) is 3.90. The van der Waals surface area contributed by atoms with Crippen molar-refractivity contribution < 1.29 is 23.8 Å². The standard InChI is InChI=1S/C27H21FN2O4/c1-3-34-22-13-10-18(14-16(22)2)25(31)23-24(20-6-4-5-7-21(20)28)30(27(33)26(23)32)19-11-8-17(15-29)9-12-19/h4-14,24,31H,3H2,1-2H3/b25-23+. The minimum Gasteiger partial charge on any atom is -0.507 e. The van der Waals surface area contributed by atoms with E-state index in [1.165, 1.54) is 42.5 Å². The normalized spacial score (nSPS) is 17.0. The monoisotopic (exact) mass is 456 g/mol. The minimum absolute atomic E-state index is 0.0651. The average Bonchev–Trinajstić information content (AvgIpc) is 3.10. The van der Waals surface area contributed by atoms with Crippen LogP contribution in [0.25, 0.3) is 5.76 Å². The van der Waals surface area contributed by atoms with Crippen molar-refractivity contribution in [1.82, 2.24) is 0 Å². The van der Waals surface area contributed by atoms with Gasteiger partial charge in [0.25, 0.3) is 11.7 Å². The van der Waals surface area contributed by atoms with E-state index in [0.29, 0.717) is 29.2 Å². The van der Waals surface area contributed by atoms with E-state index >= 15 is 0 Å².